The molecule has 1 aliphatic rings. The zero-order valence-corrected chi connectivity index (χ0v) is 13.6. The summed E-state index contributed by atoms with van der Waals surface area (Å²) in [5.41, 5.74) is 1.20. The molecule has 2 rings (SSSR count). The second kappa shape index (κ2) is 7.30. The zero-order valence-electron chi connectivity index (χ0n) is 12.0. The number of hydrogen-bond donors (Lipinski definition) is 1. The van der Waals surface area contributed by atoms with Gasteiger partial charge in [0, 0.05) is 29.3 Å². The molecule has 0 aromatic heterocycles. The summed E-state index contributed by atoms with van der Waals surface area (Å²) in [5.74, 6) is 0.805. The molecule has 1 saturated carbocycles. The third kappa shape index (κ3) is 5.53. The Hall–Kier alpha value is -0.540. The number of nitrogens with one attached hydrogen (secondary N) is 1. The summed E-state index contributed by atoms with van der Waals surface area (Å²) < 4.78 is 1.14. The van der Waals surface area contributed by atoms with E-state index >= 15 is 0 Å². The summed E-state index contributed by atoms with van der Waals surface area (Å²) in [6.45, 7) is 8.06. The number of benzene rings is 1. The van der Waals surface area contributed by atoms with Gasteiger partial charge in [-0.3, -0.25) is 4.90 Å². The average Bonchev–Trinajstić information content (AvgIpc) is 3.17. The fourth-order valence-electron chi connectivity index (χ4n) is 2.28. The van der Waals surface area contributed by atoms with Crippen LogP contribution in [0.2, 0.25) is 0 Å². The minimum Gasteiger partial charge on any atom is -0.384 e. The van der Waals surface area contributed by atoms with Crippen LogP contribution in [0.5, 0.6) is 0 Å². The summed E-state index contributed by atoms with van der Waals surface area (Å²) in [6, 6.07) is 9.26. The van der Waals surface area contributed by atoms with Gasteiger partial charge in [0.15, 0.2) is 0 Å². The first-order valence-corrected chi connectivity index (χ1v) is 8.18. The molecule has 0 amide bonds. The number of hydrogen-bond acceptors (Lipinski definition) is 2. The van der Waals surface area contributed by atoms with Gasteiger partial charge >= 0.3 is 0 Å². The third-order valence-electron chi connectivity index (χ3n) is 3.61. The van der Waals surface area contributed by atoms with Crippen molar-refractivity contribution in [1.82, 2.24) is 4.90 Å². The van der Waals surface area contributed by atoms with Crippen LogP contribution >= 0.6 is 15.9 Å². The topological polar surface area (TPSA) is 15.3 Å². The van der Waals surface area contributed by atoms with E-state index in [9.17, 15) is 0 Å². The van der Waals surface area contributed by atoms with E-state index in [4.69, 9.17) is 0 Å². The van der Waals surface area contributed by atoms with Crippen LogP contribution in [-0.4, -0.2) is 30.6 Å². The molecule has 3 heteroatoms. The minimum absolute atomic E-state index is 0.805. The van der Waals surface area contributed by atoms with Crippen LogP contribution in [0.25, 0.3) is 0 Å². The van der Waals surface area contributed by atoms with Crippen molar-refractivity contribution in [3.8, 4) is 0 Å². The SMILES string of the molecule is CC(C)CCN(CCNc1cccc(Br)c1)C1CC1. The molecule has 106 valence electrons. The van der Waals surface area contributed by atoms with Crippen molar-refractivity contribution in [3.05, 3.63) is 28.7 Å². The molecule has 0 bridgehead atoms. The van der Waals surface area contributed by atoms with Gasteiger partial charge in [0.25, 0.3) is 0 Å². The first kappa shape index (κ1) is 14.9. The van der Waals surface area contributed by atoms with Crippen molar-refractivity contribution >= 4 is 21.6 Å². The Morgan fingerprint density at radius 2 is 2.11 bits per heavy atom. The molecule has 1 N–H and O–H groups in total. The zero-order chi connectivity index (χ0) is 13.7. The Morgan fingerprint density at radius 1 is 1.32 bits per heavy atom. The van der Waals surface area contributed by atoms with Crippen LogP contribution in [0.15, 0.2) is 28.7 Å². The number of halogens is 1. The van der Waals surface area contributed by atoms with Crippen LogP contribution in [0, 0.1) is 5.92 Å². The third-order valence-corrected chi connectivity index (χ3v) is 4.10. The molecular weight excluding hydrogens is 300 g/mol. The molecule has 0 spiro atoms. The quantitative estimate of drug-likeness (QED) is 0.763. The predicted molar refractivity (Wildman–Crippen MR) is 86.7 cm³/mol. The van der Waals surface area contributed by atoms with E-state index in [0.717, 1.165) is 29.5 Å². The molecule has 19 heavy (non-hydrogen) atoms. The molecule has 0 saturated heterocycles. The molecule has 1 fully saturated rings. The van der Waals surface area contributed by atoms with Gasteiger partial charge in [-0.25, -0.2) is 0 Å². The lowest BCUT2D eigenvalue weighted by atomic mass is 10.1. The normalized spacial score (nSPS) is 15.2. The summed E-state index contributed by atoms with van der Waals surface area (Å²) in [4.78, 5) is 2.66. The van der Waals surface area contributed by atoms with Crippen molar-refractivity contribution in [1.29, 1.82) is 0 Å². The smallest absolute Gasteiger partial charge is 0.0351 e. The van der Waals surface area contributed by atoms with E-state index in [-0.39, 0.29) is 0 Å². The fraction of sp³-hybridized carbons (Fsp3) is 0.625. The summed E-state index contributed by atoms with van der Waals surface area (Å²) in [5, 5.41) is 3.51. The van der Waals surface area contributed by atoms with E-state index in [1.165, 1.54) is 31.5 Å². The second-order valence-electron chi connectivity index (χ2n) is 5.89. The lowest BCUT2D eigenvalue weighted by Crippen LogP contribution is -2.32. The molecule has 0 unspecified atom stereocenters. The van der Waals surface area contributed by atoms with E-state index in [2.05, 4.69) is 64.3 Å². The molecule has 2 nitrogen and oxygen atoms in total. The first-order valence-electron chi connectivity index (χ1n) is 7.38. The van der Waals surface area contributed by atoms with Gasteiger partial charge in [0.05, 0.1) is 0 Å². The van der Waals surface area contributed by atoms with Crippen molar-refractivity contribution in [3.63, 3.8) is 0 Å². The highest BCUT2D eigenvalue weighted by molar-refractivity contribution is 9.10. The van der Waals surface area contributed by atoms with E-state index in [0.29, 0.717) is 0 Å². The number of anilines is 1. The van der Waals surface area contributed by atoms with E-state index in [1.54, 1.807) is 0 Å². The van der Waals surface area contributed by atoms with E-state index < -0.39 is 0 Å². The Morgan fingerprint density at radius 3 is 2.74 bits per heavy atom. The molecule has 0 heterocycles. The lowest BCUT2D eigenvalue weighted by molar-refractivity contribution is 0.257. The van der Waals surface area contributed by atoms with Gasteiger partial charge in [0.2, 0.25) is 0 Å². The van der Waals surface area contributed by atoms with Crippen molar-refractivity contribution < 1.29 is 0 Å². The Balaban J connectivity index is 1.73. The molecule has 1 aliphatic carbocycles. The van der Waals surface area contributed by atoms with Crippen molar-refractivity contribution in [2.75, 3.05) is 25.0 Å². The highest BCUT2D eigenvalue weighted by atomic mass is 79.9. The Labute approximate surface area is 125 Å². The monoisotopic (exact) mass is 324 g/mol. The van der Waals surface area contributed by atoms with Gasteiger partial charge < -0.3 is 5.32 Å². The maximum atomic E-state index is 3.51. The van der Waals surface area contributed by atoms with Crippen LogP contribution < -0.4 is 5.32 Å². The van der Waals surface area contributed by atoms with Crippen LogP contribution in [0.3, 0.4) is 0 Å². The Kier molecular flexibility index (Phi) is 5.71. The summed E-state index contributed by atoms with van der Waals surface area (Å²) in [7, 11) is 0. The molecule has 0 aliphatic heterocycles. The van der Waals surface area contributed by atoms with Crippen molar-refractivity contribution in [2.24, 2.45) is 5.92 Å². The van der Waals surface area contributed by atoms with Crippen LogP contribution in [-0.2, 0) is 0 Å². The molecular formula is C16H25BrN2. The first-order chi connectivity index (χ1) is 9.15. The maximum Gasteiger partial charge on any atom is 0.0351 e. The van der Waals surface area contributed by atoms with Gasteiger partial charge in [-0.05, 0) is 49.9 Å². The highest BCUT2D eigenvalue weighted by Crippen LogP contribution is 2.27. The average molecular weight is 325 g/mol. The molecule has 0 radical (unpaired) electrons. The largest absolute Gasteiger partial charge is 0.384 e. The summed E-state index contributed by atoms with van der Waals surface area (Å²) in [6.07, 6.45) is 4.11. The fourth-order valence-corrected chi connectivity index (χ4v) is 2.68. The molecule has 0 atom stereocenters. The minimum atomic E-state index is 0.805. The van der Waals surface area contributed by atoms with Crippen molar-refractivity contribution in [2.45, 2.75) is 39.2 Å². The van der Waals surface area contributed by atoms with Gasteiger partial charge in [-0.1, -0.05) is 35.8 Å². The predicted octanol–water partition coefficient (Wildman–Crippen LogP) is 4.37. The summed E-state index contributed by atoms with van der Waals surface area (Å²) >= 11 is 3.51. The van der Waals surface area contributed by atoms with Gasteiger partial charge in [-0.2, -0.15) is 0 Å². The van der Waals surface area contributed by atoms with Crippen LogP contribution in [0.1, 0.15) is 33.1 Å². The standard InChI is InChI=1S/C16H25BrN2/c1-13(2)8-10-19(16-6-7-16)11-9-18-15-5-3-4-14(17)12-15/h3-5,12-13,16,18H,6-11H2,1-2H3. The lowest BCUT2D eigenvalue weighted by Gasteiger charge is -2.23. The van der Waals surface area contributed by atoms with E-state index in [1.807, 2.05) is 0 Å². The maximum absolute atomic E-state index is 3.51. The number of rotatable bonds is 8. The molecule has 1 aromatic rings. The second-order valence-corrected chi connectivity index (χ2v) is 6.80. The van der Waals surface area contributed by atoms with Gasteiger partial charge in [-0.15, -0.1) is 0 Å². The van der Waals surface area contributed by atoms with Gasteiger partial charge in [0.1, 0.15) is 0 Å². The Bertz CT molecular complexity index is 388. The van der Waals surface area contributed by atoms with Crippen LogP contribution in [0.4, 0.5) is 5.69 Å². The highest BCUT2D eigenvalue weighted by Gasteiger charge is 2.28. The molecule has 1 aromatic carbocycles. The number of nitrogens with zero attached hydrogens (tertiary/aromatic N) is 1.